The molecule has 1 fully saturated rings. The van der Waals surface area contributed by atoms with Crippen LogP contribution in [0.5, 0.6) is 0 Å². The number of halogens is 3. The molecule has 1 aromatic carbocycles. The lowest BCUT2D eigenvalue weighted by atomic mass is 10.2. The van der Waals surface area contributed by atoms with E-state index >= 15 is 0 Å². The highest BCUT2D eigenvalue weighted by molar-refractivity contribution is 5.50. The Hall–Kier alpha value is -1.23. The largest absolute Gasteiger partial charge is 0.364 e. The molecule has 1 N–H and O–H groups in total. The Bertz CT molecular complexity index is 372. The van der Waals surface area contributed by atoms with Crippen molar-refractivity contribution in [1.82, 2.24) is 5.32 Å². The van der Waals surface area contributed by atoms with Gasteiger partial charge in [-0.15, -0.1) is 0 Å². The van der Waals surface area contributed by atoms with Gasteiger partial charge in [0, 0.05) is 37.8 Å². The van der Waals surface area contributed by atoms with Crippen LogP contribution in [0.25, 0.3) is 0 Å². The van der Waals surface area contributed by atoms with Gasteiger partial charge in [0.15, 0.2) is 11.6 Å². The highest BCUT2D eigenvalue weighted by Gasteiger charge is 2.22. The lowest BCUT2D eigenvalue weighted by Crippen LogP contribution is -2.49. The maximum Gasteiger partial charge on any atom is 0.152 e. The highest BCUT2D eigenvalue weighted by Crippen LogP contribution is 2.25. The highest BCUT2D eigenvalue weighted by atomic mass is 19.1. The zero-order valence-corrected chi connectivity index (χ0v) is 8.93. The van der Waals surface area contributed by atoms with E-state index in [4.69, 9.17) is 0 Å². The van der Waals surface area contributed by atoms with E-state index in [0.717, 1.165) is 0 Å². The van der Waals surface area contributed by atoms with Crippen molar-refractivity contribution in [3.8, 4) is 0 Å². The van der Waals surface area contributed by atoms with Gasteiger partial charge in [-0.05, 0) is 6.92 Å². The molecular formula is C11H13F3N2. The molecule has 1 aliphatic rings. The molecule has 0 spiro atoms. The number of hydrogen-bond donors (Lipinski definition) is 1. The topological polar surface area (TPSA) is 15.3 Å². The Kier molecular flexibility index (Phi) is 3.05. The summed E-state index contributed by atoms with van der Waals surface area (Å²) < 4.78 is 39.7. The molecule has 0 amide bonds. The summed E-state index contributed by atoms with van der Waals surface area (Å²) >= 11 is 0. The second-order valence-corrected chi connectivity index (χ2v) is 4.02. The van der Waals surface area contributed by atoms with E-state index in [1.807, 2.05) is 6.92 Å². The van der Waals surface area contributed by atoms with Gasteiger partial charge in [0.1, 0.15) is 11.5 Å². The van der Waals surface area contributed by atoms with Crippen LogP contribution in [-0.2, 0) is 0 Å². The number of anilines is 1. The standard InChI is InChI=1S/C11H13F3N2/c1-7-6-16(3-2-15-7)11-9(13)4-8(12)5-10(11)14/h4-5,7,15H,2-3,6H2,1H3. The Morgan fingerprint density at radius 3 is 2.44 bits per heavy atom. The van der Waals surface area contributed by atoms with Gasteiger partial charge in [-0.2, -0.15) is 0 Å². The van der Waals surface area contributed by atoms with E-state index in [1.165, 1.54) is 0 Å². The zero-order chi connectivity index (χ0) is 11.7. The van der Waals surface area contributed by atoms with Crippen molar-refractivity contribution in [2.24, 2.45) is 0 Å². The minimum atomic E-state index is -0.887. The first-order chi connectivity index (χ1) is 7.58. The van der Waals surface area contributed by atoms with Crippen LogP contribution in [-0.4, -0.2) is 25.7 Å². The summed E-state index contributed by atoms with van der Waals surface area (Å²) in [4.78, 5) is 1.60. The second kappa shape index (κ2) is 4.33. The molecule has 1 aliphatic heterocycles. The van der Waals surface area contributed by atoms with Crippen molar-refractivity contribution in [3.05, 3.63) is 29.6 Å². The summed E-state index contributed by atoms with van der Waals surface area (Å²) in [5.41, 5.74) is -0.130. The molecule has 0 bridgehead atoms. The van der Waals surface area contributed by atoms with Gasteiger partial charge in [-0.1, -0.05) is 0 Å². The van der Waals surface area contributed by atoms with E-state index in [2.05, 4.69) is 5.32 Å². The summed E-state index contributed by atoms with van der Waals surface area (Å²) in [6.45, 7) is 3.63. The van der Waals surface area contributed by atoms with Crippen LogP contribution in [0.2, 0.25) is 0 Å². The van der Waals surface area contributed by atoms with Crippen LogP contribution in [0.15, 0.2) is 12.1 Å². The Labute approximate surface area is 92.1 Å². The Morgan fingerprint density at radius 1 is 1.25 bits per heavy atom. The molecule has 0 saturated carbocycles. The van der Waals surface area contributed by atoms with Crippen LogP contribution >= 0.6 is 0 Å². The molecule has 5 heteroatoms. The maximum absolute atomic E-state index is 13.5. The molecule has 1 aromatic rings. The van der Waals surface area contributed by atoms with Crippen molar-refractivity contribution >= 4 is 5.69 Å². The monoisotopic (exact) mass is 230 g/mol. The fourth-order valence-corrected chi connectivity index (χ4v) is 1.97. The van der Waals surface area contributed by atoms with Crippen molar-refractivity contribution < 1.29 is 13.2 Å². The van der Waals surface area contributed by atoms with Gasteiger partial charge in [0.25, 0.3) is 0 Å². The molecule has 1 atom stereocenters. The molecule has 2 nitrogen and oxygen atoms in total. The Balaban J connectivity index is 2.32. The predicted molar refractivity (Wildman–Crippen MR) is 56.0 cm³/mol. The summed E-state index contributed by atoms with van der Waals surface area (Å²) in [5, 5.41) is 3.17. The first kappa shape index (κ1) is 11.3. The number of rotatable bonds is 1. The molecule has 0 aromatic heterocycles. The molecular weight excluding hydrogens is 217 g/mol. The number of piperazine rings is 1. The van der Waals surface area contributed by atoms with Crippen molar-refractivity contribution in [2.75, 3.05) is 24.5 Å². The van der Waals surface area contributed by atoms with Gasteiger partial charge >= 0.3 is 0 Å². The lowest BCUT2D eigenvalue weighted by Gasteiger charge is -2.33. The normalized spacial score (nSPS) is 21.2. The van der Waals surface area contributed by atoms with E-state index in [0.29, 0.717) is 31.8 Å². The second-order valence-electron chi connectivity index (χ2n) is 4.02. The summed E-state index contributed by atoms with van der Waals surface area (Å²) in [6.07, 6.45) is 0. The molecule has 1 saturated heterocycles. The zero-order valence-electron chi connectivity index (χ0n) is 8.93. The molecule has 1 heterocycles. The number of benzene rings is 1. The number of nitrogens with zero attached hydrogens (tertiary/aromatic N) is 1. The molecule has 16 heavy (non-hydrogen) atoms. The minimum Gasteiger partial charge on any atom is -0.364 e. The average molecular weight is 230 g/mol. The molecule has 0 aliphatic carbocycles. The first-order valence-electron chi connectivity index (χ1n) is 5.21. The third-order valence-electron chi connectivity index (χ3n) is 2.67. The maximum atomic E-state index is 13.5. The Morgan fingerprint density at radius 2 is 1.88 bits per heavy atom. The quantitative estimate of drug-likeness (QED) is 0.792. The van der Waals surface area contributed by atoms with Gasteiger partial charge in [0.05, 0.1) is 0 Å². The molecule has 2 rings (SSSR count). The van der Waals surface area contributed by atoms with Crippen LogP contribution in [0.1, 0.15) is 6.92 Å². The van der Waals surface area contributed by atoms with Crippen molar-refractivity contribution in [1.29, 1.82) is 0 Å². The fraction of sp³-hybridized carbons (Fsp3) is 0.455. The first-order valence-corrected chi connectivity index (χ1v) is 5.21. The third kappa shape index (κ3) is 2.14. The van der Waals surface area contributed by atoms with Crippen molar-refractivity contribution in [2.45, 2.75) is 13.0 Å². The average Bonchev–Trinajstić information content (AvgIpc) is 2.15. The van der Waals surface area contributed by atoms with Gasteiger partial charge < -0.3 is 10.2 Å². The molecule has 88 valence electrons. The van der Waals surface area contributed by atoms with E-state index in [9.17, 15) is 13.2 Å². The van der Waals surface area contributed by atoms with Gasteiger partial charge in [0.2, 0.25) is 0 Å². The summed E-state index contributed by atoms with van der Waals surface area (Å²) in [7, 11) is 0. The minimum absolute atomic E-state index is 0.130. The molecule has 1 unspecified atom stereocenters. The predicted octanol–water partition coefficient (Wildman–Crippen LogP) is 1.90. The van der Waals surface area contributed by atoms with Crippen molar-refractivity contribution in [3.63, 3.8) is 0 Å². The van der Waals surface area contributed by atoms with E-state index in [-0.39, 0.29) is 11.7 Å². The summed E-state index contributed by atoms with van der Waals surface area (Å²) in [5.74, 6) is -2.57. The van der Waals surface area contributed by atoms with Crippen LogP contribution in [0.4, 0.5) is 18.9 Å². The SMILES string of the molecule is CC1CN(c2c(F)cc(F)cc2F)CCN1. The third-order valence-corrected chi connectivity index (χ3v) is 2.67. The van der Waals surface area contributed by atoms with Crippen LogP contribution in [0.3, 0.4) is 0 Å². The fourth-order valence-electron chi connectivity index (χ4n) is 1.97. The van der Waals surface area contributed by atoms with E-state index < -0.39 is 17.5 Å². The molecule has 0 radical (unpaired) electrons. The van der Waals surface area contributed by atoms with Crippen LogP contribution < -0.4 is 10.2 Å². The smallest absolute Gasteiger partial charge is 0.152 e. The van der Waals surface area contributed by atoms with Gasteiger partial charge in [-0.25, -0.2) is 13.2 Å². The number of nitrogens with one attached hydrogen (secondary N) is 1. The van der Waals surface area contributed by atoms with Crippen LogP contribution in [0, 0.1) is 17.5 Å². The van der Waals surface area contributed by atoms with E-state index in [1.54, 1.807) is 4.90 Å². The van der Waals surface area contributed by atoms with Gasteiger partial charge in [-0.3, -0.25) is 0 Å². The lowest BCUT2D eigenvalue weighted by molar-refractivity contribution is 0.466. The number of hydrogen-bond acceptors (Lipinski definition) is 2. The summed E-state index contributed by atoms with van der Waals surface area (Å²) in [6, 6.07) is 1.59.